The molecule has 0 aliphatic carbocycles. The number of benzene rings is 3. The quantitative estimate of drug-likeness (QED) is 0.356. The maximum atomic E-state index is 13.6. The lowest BCUT2D eigenvalue weighted by Crippen LogP contribution is -2.43. The Morgan fingerprint density at radius 1 is 0.743 bits per heavy atom. The molecule has 0 spiro atoms. The second-order valence-electron chi connectivity index (χ2n) is 8.34. The molecule has 1 N–H and O–H groups in total. The Hall–Kier alpha value is -4.25. The van der Waals surface area contributed by atoms with Crippen molar-refractivity contribution in [1.29, 1.82) is 0 Å². The fourth-order valence-corrected chi connectivity index (χ4v) is 4.03. The number of aromatic nitrogens is 1. The molecule has 0 unspecified atom stereocenters. The number of hydrogen-bond acceptors (Lipinski definition) is 3. The van der Waals surface area contributed by atoms with E-state index in [1.165, 1.54) is 0 Å². The first-order valence-electron chi connectivity index (χ1n) is 11.8. The van der Waals surface area contributed by atoms with Gasteiger partial charge in [-0.15, -0.1) is 0 Å². The first-order chi connectivity index (χ1) is 17.2. The minimum Gasteiger partial charge on any atom is -0.348 e. The summed E-state index contributed by atoms with van der Waals surface area (Å²) in [4.78, 5) is 33.2. The predicted octanol–water partition coefficient (Wildman–Crippen LogP) is 5.10. The molecule has 0 aliphatic heterocycles. The lowest BCUT2D eigenvalue weighted by Gasteiger charge is -2.32. The van der Waals surface area contributed by atoms with Gasteiger partial charge in [0.1, 0.15) is 6.04 Å². The summed E-state index contributed by atoms with van der Waals surface area (Å²) in [5, 5.41) is 3.00. The Labute approximate surface area is 206 Å². The van der Waals surface area contributed by atoms with Gasteiger partial charge in [0.15, 0.2) is 0 Å². The lowest BCUT2D eigenvalue weighted by atomic mass is 10.0. The van der Waals surface area contributed by atoms with Gasteiger partial charge in [0, 0.05) is 19.2 Å². The van der Waals surface area contributed by atoms with Crippen LogP contribution in [0, 0.1) is 0 Å². The van der Waals surface area contributed by atoms with Crippen LogP contribution in [0.5, 0.6) is 0 Å². The number of pyridine rings is 1. The SMILES string of the molecule is O=C(NCc1ccccn1)[C@@H](c1ccccc1)N(Cc1ccccc1)C(=O)CCc1ccccc1. The van der Waals surface area contributed by atoms with Gasteiger partial charge in [0.05, 0.1) is 12.2 Å². The van der Waals surface area contributed by atoms with Crippen LogP contribution in [0.3, 0.4) is 0 Å². The third-order valence-corrected chi connectivity index (χ3v) is 5.83. The van der Waals surface area contributed by atoms with Crippen LogP contribution in [0.4, 0.5) is 0 Å². The molecule has 0 saturated carbocycles. The lowest BCUT2D eigenvalue weighted by molar-refractivity contribution is -0.141. The van der Waals surface area contributed by atoms with Crippen LogP contribution in [0.1, 0.15) is 34.8 Å². The Morgan fingerprint density at radius 2 is 1.34 bits per heavy atom. The van der Waals surface area contributed by atoms with Gasteiger partial charge in [0.2, 0.25) is 11.8 Å². The monoisotopic (exact) mass is 463 g/mol. The highest BCUT2D eigenvalue weighted by Gasteiger charge is 2.31. The standard InChI is InChI=1S/C30H29N3O2/c34-28(20-19-24-12-4-1-5-13-24)33(23-25-14-6-2-7-15-25)29(26-16-8-3-9-17-26)30(35)32-22-27-18-10-11-21-31-27/h1-18,21,29H,19-20,22-23H2,(H,32,35)/t29-/m1/s1. The first kappa shape index (κ1) is 23.9. The summed E-state index contributed by atoms with van der Waals surface area (Å²) in [6.45, 7) is 0.630. The van der Waals surface area contributed by atoms with Crippen LogP contribution in [0.2, 0.25) is 0 Å². The van der Waals surface area contributed by atoms with Crippen LogP contribution in [0.15, 0.2) is 115 Å². The molecule has 2 amide bonds. The van der Waals surface area contributed by atoms with E-state index in [0.29, 0.717) is 25.9 Å². The van der Waals surface area contributed by atoms with Crippen LogP contribution in [-0.4, -0.2) is 21.7 Å². The molecule has 1 heterocycles. The first-order valence-corrected chi connectivity index (χ1v) is 11.8. The maximum Gasteiger partial charge on any atom is 0.247 e. The Balaban J connectivity index is 1.61. The Kier molecular flexibility index (Phi) is 8.38. The molecule has 0 saturated heterocycles. The molecule has 35 heavy (non-hydrogen) atoms. The van der Waals surface area contributed by atoms with Crippen molar-refractivity contribution in [3.05, 3.63) is 138 Å². The molecular weight excluding hydrogens is 434 g/mol. The number of amides is 2. The molecule has 176 valence electrons. The molecular formula is C30H29N3O2. The van der Waals surface area contributed by atoms with Crippen LogP contribution < -0.4 is 5.32 Å². The summed E-state index contributed by atoms with van der Waals surface area (Å²) in [5.74, 6) is -0.301. The predicted molar refractivity (Wildman–Crippen MR) is 137 cm³/mol. The number of carbonyl (C=O) groups is 2. The van der Waals surface area contributed by atoms with E-state index >= 15 is 0 Å². The van der Waals surface area contributed by atoms with E-state index in [-0.39, 0.29) is 11.8 Å². The van der Waals surface area contributed by atoms with E-state index in [9.17, 15) is 9.59 Å². The van der Waals surface area contributed by atoms with E-state index < -0.39 is 6.04 Å². The van der Waals surface area contributed by atoms with Gasteiger partial charge < -0.3 is 10.2 Å². The number of carbonyl (C=O) groups excluding carboxylic acids is 2. The number of nitrogens with one attached hydrogen (secondary N) is 1. The van der Waals surface area contributed by atoms with Crippen LogP contribution >= 0.6 is 0 Å². The van der Waals surface area contributed by atoms with E-state index in [2.05, 4.69) is 10.3 Å². The Morgan fingerprint density at radius 3 is 1.97 bits per heavy atom. The minimum atomic E-state index is -0.761. The zero-order valence-electron chi connectivity index (χ0n) is 19.6. The highest BCUT2D eigenvalue weighted by molar-refractivity contribution is 5.88. The fraction of sp³-hybridized carbons (Fsp3) is 0.167. The third-order valence-electron chi connectivity index (χ3n) is 5.83. The van der Waals surface area contributed by atoms with Gasteiger partial charge in [-0.25, -0.2) is 0 Å². The van der Waals surface area contributed by atoms with E-state index in [1.54, 1.807) is 11.1 Å². The van der Waals surface area contributed by atoms with Crippen LogP contribution in [0.25, 0.3) is 0 Å². The highest BCUT2D eigenvalue weighted by atomic mass is 16.2. The topological polar surface area (TPSA) is 62.3 Å². The van der Waals surface area contributed by atoms with E-state index in [4.69, 9.17) is 0 Å². The molecule has 0 bridgehead atoms. The summed E-state index contributed by atoms with van der Waals surface area (Å²) in [6.07, 6.45) is 2.63. The van der Waals surface area contributed by atoms with Crippen molar-refractivity contribution in [2.75, 3.05) is 0 Å². The average molecular weight is 464 g/mol. The van der Waals surface area contributed by atoms with Gasteiger partial charge in [-0.05, 0) is 35.2 Å². The van der Waals surface area contributed by atoms with E-state index in [1.807, 2.05) is 109 Å². The van der Waals surface area contributed by atoms with Gasteiger partial charge in [0.25, 0.3) is 0 Å². The molecule has 5 nitrogen and oxygen atoms in total. The van der Waals surface area contributed by atoms with Crippen molar-refractivity contribution in [2.24, 2.45) is 0 Å². The van der Waals surface area contributed by atoms with Crippen molar-refractivity contribution in [3.63, 3.8) is 0 Å². The molecule has 3 aromatic carbocycles. The highest BCUT2D eigenvalue weighted by Crippen LogP contribution is 2.25. The smallest absolute Gasteiger partial charge is 0.247 e. The van der Waals surface area contributed by atoms with Crippen molar-refractivity contribution < 1.29 is 9.59 Å². The molecule has 4 rings (SSSR count). The summed E-state index contributed by atoms with van der Waals surface area (Å²) in [6, 6.07) is 34.0. The van der Waals surface area contributed by atoms with Gasteiger partial charge >= 0.3 is 0 Å². The molecule has 4 aromatic rings. The number of aryl methyl sites for hydroxylation is 1. The maximum absolute atomic E-state index is 13.6. The average Bonchev–Trinajstić information content (AvgIpc) is 2.92. The van der Waals surface area contributed by atoms with Crippen molar-refractivity contribution >= 4 is 11.8 Å². The molecule has 1 atom stereocenters. The zero-order chi connectivity index (χ0) is 24.3. The molecule has 0 radical (unpaired) electrons. The summed E-state index contributed by atoms with van der Waals surface area (Å²) in [5.41, 5.74) is 3.60. The summed E-state index contributed by atoms with van der Waals surface area (Å²) >= 11 is 0. The molecule has 0 aliphatic rings. The van der Waals surface area contributed by atoms with E-state index in [0.717, 1.165) is 22.4 Å². The van der Waals surface area contributed by atoms with Gasteiger partial charge in [-0.3, -0.25) is 14.6 Å². The van der Waals surface area contributed by atoms with Crippen molar-refractivity contribution in [2.45, 2.75) is 32.0 Å². The van der Waals surface area contributed by atoms with Gasteiger partial charge in [-0.1, -0.05) is 97.1 Å². The number of nitrogens with zero attached hydrogens (tertiary/aromatic N) is 2. The summed E-state index contributed by atoms with van der Waals surface area (Å²) < 4.78 is 0. The normalized spacial score (nSPS) is 11.4. The second kappa shape index (κ2) is 12.3. The Bertz CT molecular complexity index is 1200. The minimum absolute atomic E-state index is 0.0699. The summed E-state index contributed by atoms with van der Waals surface area (Å²) in [7, 11) is 0. The number of hydrogen-bond donors (Lipinski definition) is 1. The fourth-order valence-electron chi connectivity index (χ4n) is 4.03. The molecule has 1 aromatic heterocycles. The van der Waals surface area contributed by atoms with Crippen LogP contribution in [-0.2, 0) is 29.1 Å². The molecule has 5 heteroatoms. The largest absolute Gasteiger partial charge is 0.348 e. The third kappa shape index (κ3) is 6.87. The van der Waals surface area contributed by atoms with Crippen molar-refractivity contribution in [3.8, 4) is 0 Å². The van der Waals surface area contributed by atoms with Gasteiger partial charge in [-0.2, -0.15) is 0 Å². The second-order valence-corrected chi connectivity index (χ2v) is 8.34. The molecule has 0 fully saturated rings. The van der Waals surface area contributed by atoms with Crippen molar-refractivity contribution in [1.82, 2.24) is 15.2 Å². The number of rotatable bonds is 10. The zero-order valence-corrected chi connectivity index (χ0v) is 19.6.